The highest BCUT2D eigenvalue weighted by Gasteiger charge is 2.17. The predicted octanol–water partition coefficient (Wildman–Crippen LogP) is 4.32. The van der Waals surface area contributed by atoms with Gasteiger partial charge in [-0.15, -0.1) is 0 Å². The van der Waals surface area contributed by atoms with Crippen LogP contribution in [0.3, 0.4) is 0 Å². The highest BCUT2D eigenvalue weighted by atomic mass is 16.2. The molecular formula is C17H24N2O. The molecule has 3 nitrogen and oxygen atoms in total. The third kappa shape index (κ3) is 3.62. The van der Waals surface area contributed by atoms with Gasteiger partial charge in [-0.1, -0.05) is 36.6 Å². The predicted molar refractivity (Wildman–Crippen MR) is 83.7 cm³/mol. The Labute approximate surface area is 121 Å². The average molecular weight is 272 g/mol. The molecule has 108 valence electrons. The van der Waals surface area contributed by atoms with Crippen molar-refractivity contribution >= 4 is 11.7 Å². The minimum Gasteiger partial charge on any atom is -0.314 e. The second kappa shape index (κ2) is 7.13. The lowest BCUT2D eigenvalue weighted by atomic mass is 10.0. The number of urea groups is 1. The number of anilines is 1. The van der Waals surface area contributed by atoms with Gasteiger partial charge >= 0.3 is 6.03 Å². The smallest absolute Gasteiger partial charge is 0.314 e. The summed E-state index contributed by atoms with van der Waals surface area (Å²) >= 11 is 0. The van der Waals surface area contributed by atoms with Crippen LogP contribution in [0.5, 0.6) is 0 Å². The molecule has 1 N–H and O–H groups in total. The molecule has 0 aliphatic heterocycles. The lowest BCUT2D eigenvalue weighted by molar-refractivity contribution is 0.249. The van der Waals surface area contributed by atoms with Crippen molar-refractivity contribution in [1.29, 1.82) is 0 Å². The number of para-hydroxylation sites is 1. The van der Waals surface area contributed by atoms with Gasteiger partial charge in [0.1, 0.15) is 0 Å². The summed E-state index contributed by atoms with van der Waals surface area (Å²) < 4.78 is 0. The van der Waals surface area contributed by atoms with Crippen LogP contribution in [0.4, 0.5) is 10.5 Å². The van der Waals surface area contributed by atoms with E-state index in [2.05, 4.69) is 12.2 Å². The van der Waals surface area contributed by atoms with Crippen molar-refractivity contribution in [1.82, 2.24) is 5.32 Å². The number of nitrogens with zero attached hydrogens (tertiary/aromatic N) is 1. The second-order valence-corrected chi connectivity index (χ2v) is 5.40. The first-order chi connectivity index (χ1) is 9.72. The van der Waals surface area contributed by atoms with Crippen LogP contribution in [0, 0.1) is 5.92 Å². The first kappa shape index (κ1) is 14.6. The topological polar surface area (TPSA) is 32.3 Å². The maximum atomic E-state index is 12.3. The summed E-state index contributed by atoms with van der Waals surface area (Å²) in [6.07, 6.45) is 7.04. The number of benzene rings is 1. The van der Waals surface area contributed by atoms with Crippen LogP contribution in [-0.4, -0.2) is 12.6 Å². The van der Waals surface area contributed by atoms with Crippen LogP contribution in [0.2, 0.25) is 0 Å². The van der Waals surface area contributed by atoms with Crippen molar-refractivity contribution in [2.75, 3.05) is 11.4 Å². The Hall–Kier alpha value is -1.77. The molecule has 2 rings (SSSR count). The van der Waals surface area contributed by atoms with Crippen LogP contribution in [0.1, 0.15) is 39.5 Å². The van der Waals surface area contributed by atoms with Gasteiger partial charge in [0.15, 0.2) is 0 Å². The molecular weight excluding hydrogens is 248 g/mol. The molecule has 1 aliphatic carbocycles. The Morgan fingerprint density at radius 1 is 1.30 bits per heavy atom. The highest BCUT2D eigenvalue weighted by Crippen LogP contribution is 2.30. The fourth-order valence-corrected chi connectivity index (χ4v) is 2.80. The van der Waals surface area contributed by atoms with Gasteiger partial charge in [0, 0.05) is 18.4 Å². The molecule has 0 spiro atoms. The molecule has 0 unspecified atom stereocenters. The highest BCUT2D eigenvalue weighted by molar-refractivity contribution is 5.92. The van der Waals surface area contributed by atoms with Crippen molar-refractivity contribution in [3.8, 4) is 0 Å². The fraction of sp³-hybridized carbons (Fsp3) is 0.471. The van der Waals surface area contributed by atoms with Crippen LogP contribution in [0.15, 0.2) is 42.1 Å². The first-order valence-electron chi connectivity index (χ1n) is 7.52. The van der Waals surface area contributed by atoms with Crippen LogP contribution in [0.25, 0.3) is 0 Å². The molecule has 1 aromatic carbocycles. The molecule has 1 saturated carbocycles. The van der Waals surface area contributed by atoms with Crippen molar-refractivity contribution in [3.63, 3.8) is 0 Å². The van der Waals surface area contributed by atoms with Gasteiger partial charge in [0.05, 0.1) is 0 Å². The molecule has 0 radical (unpaired) electrons. The van der Waals surface area contributed by atoms with E-state index in [0.717, 1.165) is 5.69 Å². The summed E-state index contributed by atoms with van der Waals surface area (Å²) in [6.45, 7) is 4.77. The minimum absolute atomic E-state index is 0.0592. The lowest BCUT2D eigenvalue weighted by Gasteiger charge is -2.21. The normalized spacial score (nSPS) is 16.2. The Bertz CT molecular complexity index is 461. The maximum absolute atomic E-state index is 12.3. The number of hydrogen-bond acceptors (Lipinski definition) is 1. The van der Waals surface area contributed by atoms with E-state index in [9.17, 15) is 4.79 Å². The summed E-state index contributed by atoms with van der Waals surface area (Å²) in [6, 6.07) is 9.71. The van der Waals surface area contributed by atoms with E-state index in [1.54, 1.807) is 4.90 Å². The Morgan fingerprint density at radius 3 is 2.55 bits per heavy atom. The number of carbonyl (C=O) groups excluding carboxylic acids is 1. The maximum Gasteiger partial charge on any atom is 0.325 e. The van der Waals surface area contributed by atoms with Gasteiger partial charge in [0.25, 0.3) is 0 Å². The second-order valence-electron chi connectivity index (χ2n) is 5.40. The molecule has 0 bridgehead atoms. The van der Waals surface area contributed by atoms with Crippen molar-refractivity contribution in [3.05, 3.63) is 42.1 Å². The summed E-state index contributed by atoms with van der Waals surface area (Å²) in [7, 11) is 0. The van der Waals surface area contributed by atoms with Crippen molar-refractivity contribution < 1.29 is 4.79 Å². The van der Waals surface area contributed by atoms with Crippen LogP contribution >= 0.6 is 0 Å². The van der Waals surface area contributed by atoms with Gasteiger partial charge < -0.3 is 5.32 Å². The summed E-state index contributed by atoms with van der Waals surface area (Å²) in [5.74, 6) is 0.655. The molecule has 2 amide bonds. The molecule has 3 heteroatoms. The number of rotatable bonds is 4. The summed E-state index contributed by atoms with van der Waals surface area (Å²) in [4.78, 5) is 14.0. The van der Waals surface area contributed by atoms with Gasteiger partial charge in [-0.3, -0.25) is 4.90 Å². The van der Waals surface area contributed by atoms with Gasteiger partial charge in [-0.05, 0) is 44.7 Å². The molecule has 1 aromatic rings. The number of allylic oxidation sites excluding steroid dienone is 1. The lowest BCUT2D eigenvalue weighted by Crippen LogP contribution is -2.37. The van der Waals surface area contributed by atoms with E-state index < -0.39 is 0 Å². The van der Waals surface area contributed by atoms with Crippen LogP contribution in [-0.2, 0) is 0 Å². The van der Waals surface area contributed by atoms with Gasteiger partial charge in [-0.2, -0.15) is 0 Å². The average Bonchev–Trinajstić information content (AvgIpc) is 3.01. The van der Waals surface area contributed by atoms with E-state index in [1.807, 2.05) is 43.5 Å². The van der Waals surface area contributed by atoms with E-state index >= 15 is 0 Å². The summed E-state index contributed by atoms with van der Waals surface area (Å²) in [5, 5.41) is 2.93. The molecule has 0 atom stereocenters. The minimum atomic E-state index is -0.0592. The Kier molecular flexibility index (Phi) is 5.22. The molecule has 20 heavy (non-hydrogen) atoms. The molecule has 0 saturated heterocycles. The fourth-order valence-electron chi connectivity index (χ4n) is 2.80. The van der Waals surface area contributed by atoms with Crippen molar-refractivity contribution in [2.45, 2.75) is 39.5 Å². The van der Waals surface area contributed by atoms with Gasteiger partial charge in [-0.25, -0.2) is 4.79 Å². The molecule has 0 heterocycles. The molecule has 1 fully saturated rings. The van der Waals surface area contributed by atoms with E-state index in [4.69, 9.17) is 0 Å². The number of amides is 2. The number of carbonyl (C=O) groups is 1. The largest absolute Gasteiger partial charge is 0.325 e. The van der Waals surface area contributed by atoms with E-state index in [-0.39, 0.29) is 6.03 Å². The van der Waals surface area contributed by atoms with Crippen molar-refractivity contribution in [2.24, 2.45) is 5.92 Å². The molecule has 1 aliphatic rings. The number of hydrogen-bond donors (Lipinski definition) is 1. The van der Waals surface area contributed by atoms with E-state index in [0.29, 0.717) is 12.5 Å². The third-order valence-electron chi connectivity index (χ3n) is 4.05. The Morgan fingerprint density at radius 2 is 1.95 bits per heavy atom. The standard InChI is InChI=1S/C17H24N2O/c1-3-19(16-11-5-4-6-12-16)17(20)18-13-14(2)15-9-7-8-10-15/h4-6,11-13,15H,3,7-10H2,1-2H3,(H,18,20)/b14-13+. The van der Waals surface area contributed by atoms with Gasteiger partial charge in [0.2, 0.25) is 0 Å². The SMILES string of the molecule is CCN(C(=O)N/C=C(\C)C1CCCC1)c1ccccc1. The monoisotopic (exact) mass is 272 g/mol. The molecule has 0 aromatic heterocycles. The van der Waals surface area contributed by atoms with Crippen LogP contribution < -0.4 is 10.2 Å². The zero-order valence-corrected chi connectivity index (χ0v) is 12.4. The number of nitrogens with one attached hydrogen (secondary N) is 1. The Balaban J connectivity index is 1.97. The first-order valence-corrected chi connectivity index (χ1v) is 7.52. The summed E-state index contributed by atoms with van der Waals surface area (Å²) in [5.41, 5.74) is 2.22. The zero-order chi connectivity index (χ0) is 14.4. The quantitative estimate of drug-likeness (QED) is 0.870. The third-order valence-corrected chi connectivity index (χ3v) is 4.05. The van der Waals surface area contributed by atoms with E-state index in [1.165, 1.54) is 31.3 Å². The zero-order valence-electron chi connectivity index (χ0n) is 12.4.